The highest BCUT2D eigenvalue weighted by atomic mass is 32.2. The van der Waals surface area contributed by atoms with Crippen molar-refractivity contribution < 1.29 is 17.9 Å². The number of allylic oxidation sites excluding steroid dienone is 1. The van der Waals surface area contributed by atoms with Crippen LogP contribution in [-0.2, 0) is 16.8 Å². The first kappa shape index (κ1) is 31.6. The number of benzene rings is 1. The molecule has 3 atom stereocenters. The number of aromatic nitrogens is 2. The van der Waals surface area contributed by atoms with Crippen molar-refractivity contribution >= 4 is 23.7 Å². The Labute approximate surface area is 244 Å². The van der Waals surface area contributed by atoms with Crippen LogP contribution in [0.2, 0.25) is 0 Å². The summed E-state index contributed by atoms with van der Waals surface area (Å²) in [6, 6.07) is 8.81. The van der Waals surface area contributed by atoms with Gasteiger partial charge in [0, 0.05) is 16.4 Å². The first-order chi connectivity index (χ1) is 19.5. The minimum absolute atomic E-state index is 0.147. The molecule has 1 saturated carbocycles. The van der Waals surface area contributed by atoms with Crippen LogP contribution in [0, 0.1) is 43.8 Å². The van der Waals surface area contributed by atoms with Gasteiger partial charge in [-0.2, -0.15) is 5.26 Å². The van der Waals surface area contributed by atoms with Gasteiger partial charge >= 0.3 is 0 Å². The van der Waals surface area contributed by atoms with E-state index in [9.17, 15) is 8.78 Å². The zero-order chi connectivity index (χ0) is 30.2. The largest absolute Gasteiger partial charge is 0.483 e. The van der Waals surface area contributed by atoms with Crippen LogP contribution >= 0.6 is 11.8 Å². The monoisotopic (exact) mass is 579 g/mol. The van der Waals surface area contributed by atoms with Gasteiger partial charge in [-0.25, -0.2) is 9.37 Å². The molecule has 0 amide bonds. The molecular formula is C31H35F2N5O2S. The predicted octanol–water partition coefficient (Wildman–Crippen LogP) is 7.32. The first-order valence-electron chi connectivity index (χ1n) is 12.9. The first-order valence-corrected chi connectivity index (χ1v) is 13.8. The van der Waals surface area contributed by atoms with Gasteiger partial charge in [0.05, 0.1) is 48.0 Å². The summed E-state index contributed by atoms with van der Waals surface area (Å²) in [7, 11) is 0. The maximum absolute atomic E-state index is 14.3. The number of nitrogens with zero attached hydrogens (tertiary/aromatic N) is 4. The molecule has 1 fully saturated rings. The van der Waals surface area contributed by atoms with Crippen molar-refractivity contribution in [2.24, 2.45) is 16.6 Å². The van der Waals surface area contributed by atoms with E-state index in [0.717, 1.165) is 22.5 Å². The summed E-state index contributed by atoms with van der Waals surface area (Å²) >= 11 is 1.32. The molecule has 1 aliphatic carbocycles. The number of hydrogen-bond donors (Lipinski definition) is 1. The van der Waals surface area contributed by atoms with Crippen LogP contribution in [0.4, 0.5) is 14.5 Å². The quantitative estimate of drug-likeness (QED) is 0.187. The van der Waals surface area contributed by atoms with Gasteiger partial charge in [-0.3, -0.25) is 14.4 Å². The Morgan fingerprint density at radius 1 is 1.32 bits per heavy atom. The van der Waals surface area contributed by atoms with Crippen LogP contribution in [0.15, 0.2) is 76.3 Å². The average molecular weight is 580 g/mol. The zero-order valence-electron chi connectivity index (χ0n) is 23.8. The fourth-order valence-corrected chi connectivity index (χ4v) is 6.11. The third kappa shape index (κ3) is 7.82. The smallest absolute Gasteiger partial charge is 0.232 e. The van der Waals surface area contributed by atoms with Gasteiger partial charge in [-0.05, 0) is 56.4 Å². The van der Waals surface area contributed by atoms with Crippen LogP contribution in [0.25, 0.3) is 0 Å². The molecule has 0 bridgehead atoms. The standard InChI is InChI=1S/C17H20F2N2S.C14H15N3O2/c1-11-4-5-14(19)13(8-11)16(3,10-18)15-9-17(15,6-7-20)22-12(2)21;1-10-4-5-15-12(3)14(10)17-8-11(2)19-9-13-16-6-7-18-13/h4-5,8,15H,2,6,9-10,21H2,1,3H3;4-8H,2,9H2,1,3H3/t15?,16-,17-;/m0./s1. The second kappa shape index (κ2) is 13.6. The number of halogens is 2. The van der Waals surface area contributed by atoms with Crippen molar-refractivity contribution in [2.45, 2.75) is 57.3 Å². The Balaban J connectivity index is 0.000000228. The molecule has 2 aromatic heterocycles. The Kier molecular flexibility index (Phi) is 10.5. The number of hydrogen-bond acceptors (Lipinski definition) is 8. The second-order valence-electron chi connectivity index (χ2n) is 10.3. The number of ether oxygens (including phenoxy) is 1. The predicted molar refractivity (Wildman–Crippen MR) is 159 cm³/mol. The van der Waals surface area contributed by atoms with E-state index in [2.05, 4.69) is 34.2 Å². The van der Waals surface area contributed by atoms with Crippen molar-refractivity contribution in [3.8, 4) is 6.07 Å². The molecule has 1 aromatic carbocycles. The molecule has 216 valence electrons. The normalized spacial score (nSPS) is 19.0. The zero-order valence-corrected chi connectivity index (χ0v) is 24.6. The number of aliphatic imine (C=N–C) groups is 1. The molecule has 10 heteroatoms. The van der Waals surface area contributed by atoms with Crippen molar-refractivity contribution in [1.29, 1.82) is 5.26 Å². The maximum atomic E-state index is 14.3. The molecule has 4 rings (SSSR count). The van der Waals surface area contributed by atoms with Gasteiger partial charge in [0.1, 0.15) is 17.8 Å². The molecule has 3 aromatic rings. The Morgan fingerprint density at radius 3 is 2.68 bits per heavy atom. The summed E-state index contributed by atoms with van der Waals surface area (Å²) in [6.45, 7) is 14.5. The Bertz CT molecular complexity index is 1430. The summed E-state index contributed by atoms with van der Waals surface area (Å²) in [4.78, 5) is 12.5. The van der Waals surface area contributed by atoms with Gasteiger partial charge in [0.2, 0.25) is 5.89 Å². The van der Waals surface area contributed by atoms with Crippen LogP contribution in [0.5, 0.6) is 0 Å². The number of nitriles is 1. The Hall–Kier alpha value is -3.97. The summed E-state index contributed by atoms with van der Waals surface area (Å²) in [5.41, 5.74) is 8.75. The minimum atomic E-state index is -0.963. The molecule has 2 N–H and O–H groups in total. The topological polar surface area (TPSA) is 110 Å². The van der Waals surface area contributed by atoms with Crippen LogP contribution in [0.1, 0.15) is 48.0 Å². The van der Waals surface area contributed by atoms with Crippen molar-refractivity contribution in [3.63, 3.8) is 0 Å². The molecule has 41 heavy (non-hydrogen) atoms. The molecular weight excluding hydrogens is 544 g/mol. The van der Waals surface area contributed by atoms with E-state index in [1.54, 1.807) is 37.7 Å². The highest BCUT2D eigenvalue weighted by molar-refractivity contribution is 8.04. The molecule has 7 nitrogen and oxygen atoms in total. The number of oxazole rings is 1. The third-order valence-corrected chi connectivity index (χ3v) is 8.30. The average Bonchev–Trinajstić information content (AvgIpc) is 3.37. The van der Waals surface area contributed by atoms with E-state index in [1.165, 1.54) is 24.1 Å². The van der Waals surface area contributed by atoms with Gasteiger partial charge in [-0.1, -0.05) is 37.8 Å². The summed E-state index contributed by atoms with van der Waals surface area (Å²) in [5, 5.41) is 9.48. The van der Waals surface area contributed by atoms with E-state index >= 15 is 0 Å². The number of nitrogens with two attached hydrogens (primary N) is 1. The van der Waals surface area contributed by atoms with Gasteiger partial charge in [-0.15, -0.1) is 11.8 Å². The lowest BCUT2D eigenvalue weighted by molar-refractivity contribution is 0.191. The molecule has 0 saturated heterocycles. The lowest BCUT2D eigenvalue weighted by Gasteiger charge is -2.30. The minimum Gasteiger partial charge on any atom is -0.483 e. The van der Waals surface area contributed by atoms with Crippen molar-refractivity contribution in [1.82, 2.24) is 9.97 Å². The number of alkyl halides is 1. The van der Waals surface area contributed by atoms with Gasteiger partial charge < -0.3 is 14.9 Å². The van der Waals surface area contributed by atoms with Gasteiger partial charge in [0.15, 0.2) is 6.61 Å². The lowest BCUT2D eigenvalue weighted by atomic mass is 9.77. The molecule has 0 radical (unpaired) electrons. The molecule has 0 aliphatic heterocycles. The van der Waals surface area contributed by atoms with Crippen LogP contribution < -0.4 is 5.73 Å². The van der Waals surface area contributed by atoms with E-state index in [1.807, 2.05) is 26.8 Å². The number of pyridine rings is 1. The molecule has 1 aliphatic rings. The number of thioether (sulfide) groups is 1. The van der Waals surface area contributed by atoms with E-state index in [4.69, 9.17) is 20.1 Å². The van der Waals surface area contributed by atoms with Crippen molar-refractivity contribution in [2.75, 3.05) is 6.67 Å². The summed E-state index contributed by atoms with van der Waals surface area (Å²) < 4.78 is 38.2. The second-order valence-corrected chi connectivity index (χ2v) is 11.8. The fourth-order valence-electron chi connectivity index (χ4n) is 4.80. The highest BCUT2D eigenvalue weighted by Crippen LogP contribution is 2.65. The van der Waals surface area contributed by atoms with Crippen LogP contribution in [-0.4, -0.2) is 27.6 Å². The maximum Gasteiger partial charge on any atom is 0.232 e. The fraction of sp³-hybridized carbons (Fsp3) is 0.355. The highest BCUT2D eigenvalue weighted by Gasteiger charge is 2.63. The lowest BCUT2D eigenvalue weighted by Crippen LogP contribution is -2.33. The summed E-state index contributed by atoms with van der Waals surface area (Å²) in [6.07, 6.45) is 7.28. The van der Waals surface area contributed by atoms with E-state index < -0.39 is 22.7 Å². The van der Waals surface area contributed by atoms with E-state index in [0.29, 0.717) is 28.7 Å². The van der Waals surface area contributed by atoms with Gasteiger partial charge in [0.25, 0.3) is 0 Å². The van der Waals surface area contributed by atoms with E-state index in [-0.39, 0.29) is 18.9 Å². The molecule has 0 spiro atoms. The molecule has 1 unspecified atom stereocenters. The third-order valence-electron chi connectivity index (χ3n) is 7.03. The van der Waals surface area contributed by atoms with Crippen LogP contribution in [0.3, 0.4) is 0 Å². The number of aryl methyl sites for hydroxylation is 3. The Morgan fingerprint density at radius 2 is 2.07 bits per heavy atom. The number of rotatable bonds is 11. The summed E-state index contributed by atoms with van der Waals surface area (Å²) in [5.74, 6) is 0.399. The van der Waals surface area contributed by atoms with Crippen molar-refractivity contribution in [3.05, 3.63) is 101 Å². The molecule has 2 heterocycles. The SMILES string of the molecule is C=C(C=Nc1c(C)ccnc1C)OCc1ncco1.C=C(N)S[C@@]1(CC#N)CC1[C@@](C)(CF)c1cc(C)ccc1F.